The Morgan fingerprint density at radius 1 is 1.33 bits per heavy atom. The number of nitrogens with zero attached hydrogens (tertiary/aromatic N) is 1. The molecule has 0 spiro atoms. The van der Waals surface area contributed by atoms with Crippen molar-refractivity contribution in [3.63, 3.8) is 0 Å². The zero-order valence-electron chi connectivity index (χ0n) is 10.3. The number of hydrogen-bond donors (Lipinski definition) is 2. The summed E-state index contributed by atoms with van der Waals surface area (Å²) >= 11 is 0. The van der Waals surface area contributed by atoms with Gasteiger partial charge in [-0.1, -0.05) is 19.1 Å². The molecular formula is C13H17N3O2. The van der Waals surface area contributed by atoms with Crippen LogP contribution in [0.1, 0.15) is 18.9 Å². The van der Waals surface area contributed by atoms with Gasteiger partial charge in [0.1, 0.15) is 6.04 Å². The van der Waals surface area contributed by atoms with Gasteiger partial charge in [-0.15, -0.1) is 0 Å². The van der Waals surface area contributed by atoms with E-state index >= 15 is 0 Å². The van der Waals surface area contributed by atoms with E-state index in [1.807, 2.05) is 36.1 Å². The second-order valence-electron chi connectivity index (χ2n) is 4.33. The predicted molar refractivity (Wildman–Crippen MR) is 68.9 cm³/mol. The van der Waals surface area contributed by atoms with Crippen LogP contribution in [0.25, 0.3) is 0 Å². The fourth-order valence-electron chi connectivity index (χ4n) is 2.17. The van der Waals surface area contributed by atoms with Gasteiger partial charge in [0.15, 0.2) is 0 Å². The van der Waals surface area contributed by atoms with Gasteiger partial charge >= 0.3 is 0 Å². The van der Waals surface area contributed by atoms with Crippen molar-refractivity contribution < 1.29 is 9.59 Å². The van der Waals surface area contributed by atoms with Crippen LogP contribution in [0, 0.1) is 0 Å². The zero-order valence-corrected chi connectivity index (χ0v) is 10.3. The first-order valence-corrected chi connectivity index (χ1v) is 6.05. The molecule has 5 nitrogen and oxygen atoms in total. The molecule has 1 heterocycles. The van der Waals surface area contributed by atoms with Gasteiger partial charge in [-0.05, 0) is 24.1 Å². The standard InChI is InChI=1S/C13H17N3O2/c1-2-11-13(18)15-12(17)8-16(11)10-5-3-9(7-14)4-6-10/h3-6,11H,2,7-8,14H2,1H3,(H,15,17,18). The Morgan fingerprint density at radius 2 is 2.00 bits per heavy atom. The third-order valence-corrected chi connectivity index (χ3v) is 3.15. The van der Waals surface area contributed by atoms with Crippen LogP contribution >= 0.6 is 0 Å². The number of anilines is 1. The molecule has 1 aromatic carbocycles. The topological polar surface area (TPSA) is 75.4 Å². The van der Waals surface area contributed by atoms with Crippen molar-refractivity contribution in [3.8, 4) is 0 Å². The molecule has 0 aromatic heterocycles. The van der Waals surface area contributed by atoms with Gasteiger partial charge in [0.05, 0.1) is 6.54 Å². The fraction of sp³-hybridized carbons (Fsp3) is 0.385. The molecule has 2 rings (SSSR count). The van der Waals surface area contributed by atoms with Crippen LogP contribution in [-0.4, -0.2) is 24.4 Å². The summed E-state index contributed by atoms with van der Waals surface area (Å²) in [5, 5.41) is 2.36. The third-order valence-electron chi connectivity index (χ3n) is 3.15. The van der Waals surface area contributed by atoms with Crippen LogP contribution in [0.4, 0.5) is 5.69 Å². The Morgan fingerprint density at radius 3 is 2.56 bits per heavy atom. The molecule has 0 radical (unpaired) electrons. The van der Waals surface area contributed by atoms with Gasteiger partial charge in [0.25, 0.3) is 0 Å². The summed E-state index contributed by atoms with van der Waals surface area (Å²) in [5.41, 5.74) is 7.45. The van der Waals surface area contributed by atoms with Crippen LogP contribution in [0.15, 0.2) is 24.3 Å². The minimum Gasteiger partial charge on any atom is -0.350 e. The molecule has 3 N–H and O–H groups in total. The third kappa shape index (κ3) is 2.36. The van der Waals surface area contributed by atoms with Crippen LogP contribution in [0.5, 0.6) is 0 Å². The number of carbonyl (C=O) groups is 2. The molecule has 1 unspecified atom stereocenters. The van der Waals surface area contributed by atoms with Gasteiger partial charge < -0.3 is 10.6 Å². The quantitative estimate of drug-likeness (QED) is 0.757. The largest absolute Gasteiger partial charge is 0.350 e. The summed E-state index contributed by atoms with van der Waals surface area (Å²) in [6, 6.07) is 7.34. The van der Waals surface area contributed by atoms with E-state index < -0.39 is 0 Å². The highest BCUT2D eigenvalue weighted by molar-refractivity contribution is 6.04. The number of benzene rings is 1. The predicted octanol–water partition coefficient (Wildman–Crippen LogP) is 0.387. The van der Waals surface area contributed by atoms with Gasteiger partial charge in [0.2, 0.25) is 11.8 Å². The molecule has 0 saturated carbocycles. The number of imide groups is 1. The molecule has 1 aliphatic heterocycles. The first-order chi connectivity index (χ1) is 8.65. The van der Waals surface area contributed by atoms with E-state index in [-0.39, 0.29) is 24.4 Å². The van der Waals surface area contributed by atoms with Crippen molar-refractivity contribution in [2.24, 2.45) is 5.73 Å². The molecule has 1 fully saturated rings. The summed E-state index contributed by atoms with van der Waals surface area (Å²) in [4.78, 5) is 25.0. The van der Waals surface area contributed by atoms with E-state index in [2.05, 4.69) is 5.32 Å². The Labute approximate surface area is 106 Å². The van der Waals surface area contributed by atoms with Crippen LogP contribution in [0.2, 0.25) is 0 Å². The Kier molecular flexibility index (Phi) is 3.62. The van der Waals surface area contributed by atoms with Gasteiger partial charge in [0, 0.05) is 12.2 Å². The summed E-state index contributed by atoms with van der Waals surface area (Å²) in [5.74, 6) is -0.482. The molecule has 96 valence electrons. The minimum absolute atomic E-state index is 0.215. The van der Waals surface area contributed by atoms with Gasteiger partial charge in [-0.25, -0.2) is 0 Å². The van der Waals surface area contributed by atoms with Crippen molar-refractivity contribution >= 4 is 17.5 Å². The van der Waals surface area contributed by atoms with E-state index in [9.17, 15) is 9.59 Å². The Hall–Kier alpha value is -1.88. The molecule has 0 aliphatic carbocycles. The Bertz CT molecular complexity index is 456. The molecular weight excluding hydrogens is 230 g/mol. The van der Waals surface area contributed by atoms with Crippen molar-refractivity contribution in [2.45, 2.75) is 25.9 Å². The fourth-order valence-corrected chi connectivity index (χ4v) is 2.17. The highest BCUT2D eigenvalue weighted by Gasteiger charge is 2.32. The normalized spacial score (nSPS) is 19.9. The number of nitrogens with two attached hydrogens (primary N) is 1. The van der Waals surface area contributed by atoms with Gasteiger partial charge in [-0.3, -0.25) is 14.9 Å². The van der Waals surface area contributed by atoms with E-state index in [1.54, 1.807) is 0 Å². The molecule has 1 saturated heterocycles. The van der Waals surface area contributed by atoms with E-state index in [1.165, 1.54) is 0 Å². The van der Waals surface area contributed by atoms with Gasteiger partial charge in [-0.2, -0.15) is 0 Å². The number of carbonyl (C=O) groups excluding carboxylic acids is 2. The Balaban J connectivity index is 2.27. The highest BCUT2D eigenvalue weighted by Crippen LogP contribution is 2.21. The van der Waals surface area contributed by atoms with Crippen molar-refractivity contribution in [1.82, 2.24) is 5.32 Å². The minimum atomic E-state index is -0.286. The second-order valence-corrected chi connectivity index (χ2v) is 4.33. The molecule has 5 heteroatoms. The maximum atomic E-state index is 11.7. The molecule has 0 bridgehead atoms. The maximum Gasteiger partial charge on any atom is 0.249 e. The lowest BCUT2D eigenvalue weighted by Gasteiger charge is -2.35. The summed E-state index contributed by atoms with van der Waals surface area (Å²) in [7, 11) is 0. The van der Waals surface area contributed by atoms with Crippen molar-refractivity contribution in [3.05, 3.63) is 29.8 Å². The average Bonchev–Trinajstić information content (AvgIpc) is 2.38. The summed E-state index contributed by atoms with van der Waals surface area (Å²) in [6.07, 6.45) is 0.664. The second kappa shape index (κ2) is 5.18. The van der Waals surface area contributed by atoms with Crippen molar-refractivity contribution in [2.75, 3.05) is 11.4 Å². The first kappa shape index (κ1) is 12.6. The summed E-state index contributed by atoms with van der Waals surface area (Å²) < 4.78 is 0. The lowest BCUT2D eigenvalue weighted by atomic mass is 10.1. The number of amides is 2. The first-order valence-electron chi connectivity index (χ1n) is 6.05. The average molecular weight is 247 g/mol. The maximum absolute atomic E-state index is 11.7. The number of hydrogen-bond acceptors (Lipinski definition) is 4. The smallest absolute Gasteiger partial charge is 0.249 e. The zero-order chi connectivity index (χ0) is 13.1. The molecule has 1 atom stereocenters. The van der Waals surface area contributed by atoms with Crippen LogP contribution < -0.4 is 16.0 Å². The highest BCUT2D eigenvalue weighted by atomic mass is 16.2. The van der Waals surface area contributed by atoms with E-state index in [0.717, 1.165) is 11.3 Å². The van der Waals surface area contributed by atoms with Crippen molar-refractivity contribution in [1.29, 1.82) is 0 Å². The molecule has 18 heavy (non-hydrogen) atoms. The summed E-state index contributed by atoms with van der Waals surface area (Å²) in [6.45, 7) is 2.63. The molecule has 1 aromatic rings. The lowest BCUT2D eigenvalue weighted by molar-refractivity contribution is -0.132. The SMILES string of the molecule is CCC1C(=O)NC(=O)CN1c1ccc(CN)cc1. The van der Waals surface area contributed by atoms with E-state index in [0.29, 0.717) is 13.0 Å². The molecule has 1 aliphatic rings. The number of piperazine rings is 1. The van der Waals surface area contributed by atoms with Crippen LogP contribution in [-0.2, 0) is 16.1 Å². The number of nitrogens with one attached hydrogen (secondary N) is 1. The number of rotatable bonds is 3. The van der Waals surface area contributed by atoms with E-state index in [4.69, 9.17) is 5.73 Å². The lowest BCUT2D eigenvalue weighted by Crippen LogP contribution is -2.58. The molecule has 2 amide bonds. The van der Waals surface area contributed by atoms with Crippen LogP contribution in [0.3, 0.4) is 0 Å². The monoisotopic (exact) mass is 247 g/mol.